The largest absolute Gasteiger partial charge is 0.381 e. The normalized spacial score (nSPS) is 29.0. The average Bonchev–Trinajstić information content (AvgIpc) is 2.79. The van der Waals surface area contributed by atoms with Crippen LogP contribution in [-0.2, 0) is 4.74 Å². The number of nitrogens with zero attached hydrogens (tertiary/aromatic N) is 1. The molecule has 0 radical (unpaired) electrons. The van der Waals surface area contributed by atoms with Crippen LogP contribution in [0.1, 0.15) is 20.3 Å². The zero-order valence-corrected chi connectivity index (χ0v) is 10.9. The molecule has 0 heterocycles. The van der Waals surface area contributed by atoms with Crippen LogP contribution in [-0.4, -0.2) is 25.2 Å². The molecule has 0 aromatic heterocycles. The Morgan fingerprint density at radius 3 is 2.56 bits per heavy atom. The molecule has 0 saturated heterocycles. The van der Waals surface area contributed by atoms with Crippen LogP contribution in [0.2, 0.25) is 0 Å². The topological polar surface area (TPSA) is 45.0 Å². The van der Waals surface area contributed by atoms with Gasteiger partial charge >= 0.3 is 0 Å². The lowest BCUT2D eigenvalue weighted by Gasteiger charge is -2.28. The number of alkyl halides is 2. The molecule has 1 aliphatic rings. The number of hydrogen-bond donors (Lipinski definition) is 1. The van der Waals surface area contributed by atoms with Crippen LogP contribution in [0.4, 0.5) is 8.78 Å². The molecule has 0 amide bonds. The maximum absolute atomic E-state index is 13.4. The Morgan fingerprint density at radius 1 is 1.67 bits per heavy atom. The zero-order valence-electron chi connectivity index (χ0n) is 10.9. The summed E-state index contributed by atoms with van der Waals surface area (Å²) < 4.78 is 31.7. The summed E-state index contributed by atoms with van der Waals surface area (Å²) in [6, 6.07) is 2.04. The van der Waals surface area contributed by atoms with E-state index in [9.17, 15) is 8.78 Å². The van der Waals surface area contributed by atoms with Crippen molar-refractivity contribution in [2.45, 2.75) is 31.7 Å². The minimum absolute atomic E-state index is 0.111. The average molecular weight is 256 g/mol. The molecule has 1 aliphatic carbocycles. The Kier molecular flexibility index (Phi) is 3.82. The van der Waals surface area contributed by atoms with E-state index in [-0.39, 0.29) is 13.0 Å². The number of allylic oxidation sites excluding steroid dienone is 3. The molecule has 1 N–H and O–H groups in total. The molecule has 5 heteroatoms. The van der Waals surface area contributed by atoms with Crippen LogP contribution >= 0.6 is 0 Å². The maximum Gasteiger partial charge on any atom is 0.260 e. The number of nitriles is 1. The molecule has 1 saturated carbocycles. The standard InChI is InChI=1S/C13H18F2N2O/c1-5-6-10(12(3)7-13(12,14)15)17-11(2,8-16)9-18-4/h5-6,17H,1,7,9H2,2-4H3/b10-6-. The van der Waals surface area contributed by atoms with Gasteiger partial charge in [-0.25, -0.2) is 8.78 Å². The molecule has 2 unspecified atom stereocenters. The lowest BCUT2D eigenvalue weighted by atomic mass is 9.98. The van der Waals surface area contributed by atoms with Gasteiger partial charge in [0.15, 0.2) is 0 Å². The first-order valence-electron chi connectivity index (χ1n) is 5.64. The van der Waals surface area contributed by atoms with E-state index in [1.54, 1.807) is 6.92 Å². The Balaban J connectivity index is 2.94. The third-order valence-corrected chi connectivity index (χ3v) is 3.23. The summed E-state index contributed by atoms with van der Waals surface area (Å²) in [5.74, 6) is -2.74. The molecule has 0 aliphatic heterocycles. The number of rotatable bonds is 6. The van der Waals surface area contributed by atoms with Crippen LogP contribution in [0, 0.1) is 16.7 Å². The summed E-state index contributed by atoms with van der Waals surface area (Å²) in [4.78, 5) is 0. The second-order valence-corrected chi connectivity index (χ2v) is 5.03. The van der Waals surface area contributed by atoms with E-state index < -0.39 is 16.9 Å². The first-order valence-corrected chi connectivity index (χ1v) is 5.64. The van der Waals surface area contributed by atoms with Gasteiger partial charge in [0.25, 0.3) is 5.92 Å². The van der Waals surface area contributed by atoms with Crippen LogP contribution in [0.15, 0.2) is 24.4 Å². The smallest absolute Gasteiger partial charge is 0.260 e. The molecule has 18 heavy (non-hydrogen) atoms. The molecule has 0 aromatic carbocycles. The van der Waals surface area contributed by atoms with Gasteiger partial charge in [-0.05, 0) is 19.9 Å². The monoisotopic (exact) mass is 256 g/mol. The number of ether oxygens (including phenoxy) is 1. The van der Waals surface area contributed by atoms with Crippen molar-refractivity contribution in [2.24, 2.45) is 5.41 Å². The second-order valence-electron chi connectivity index (χ2n) is 5.03. The predicted molar refractivity (Wildman–Crippen MR) is 65.0 cm³/mol. The van der Waals surface area contributed by atoms with Gasteiger partial charge in [-0.1, -0.05) is 12.7 Å². The third-order valence-electron chi connectivity index (χ3n) is 3.23. The Morgan fingerprint density at radius 2 is 2.22 bits per heavy atom. The van der Waals surface area contributed by atoms with Gasteiger partial charge in [-0.3, -0.25) is 0 Å². The van der Waals surface area contributed by atoms with E-state index in [1.807, 2.05) is 6.07 Å². The molecule has 0 bridgehead atoms. The van der Waals surface area contributed by atoms with Crippen molar-refractivity contribution < 1.29 is 13.5 Å². The molecule has 0 spiro atoms. The fraction of sp³-hybridized carbons (Fsp3) is 0.615. The predicted octanol–water partition coefficient (Wildman–Crippen LogP) is 2.62. The first-order chi connectivity index (χ1) is 8.24. The fourth-order valence-electron chi connectivity index (χ4n) is 1.86. The van der Waals surface area contributed by atoms with Crippen molar-refractivity contribution in [2.75, 3.05) is 13.7 Å². The van der Waals surface area contributed by atoms with E-state index in [2.05, 4.69) is 11.9 Å². The van der Waals surface area contributed by atoms with Gasteiger partial charge in [0.2, 0.25) is 0 Å². The van der Waals surface area contributed by atoms with Gasteiger partial charge in [-0.15, -0.1) is 0 Å². The lowest BCUT2D eigenvalue weighted by Crippen LogP contribution is -2.46. The van der Waals surface area contributed by atoms with Crippen molar-refractivity contribution in [1.29, 1.82) is 5.26 Å². The van der Waals surface area contributed by atoms with Crippen molar-refractivity contribution in [3.63, 3.8) is 0 Å². The number of nitrogens with one attached hydrogen (secondary N) is 1. The van der Waals surface area contributed by atoms with E-state index in [4.69, 9.17) is 10.00 Å². The van der Waals surface area contributed by atoms with E-state index in [1.165, 1.54) is 26.2 Å². The fourth-order valence-corrected chi connectivity index (χ4v) is 1.86. The van der Waals surface area contributed by atoms with E-state index in [0.29, 0.717) is 5.70 Å². The number of halogens is 2. The Bertz CT molecular complexity index is 414. The second kappa shape index (κ2) is 4.69. The SMILES string of the molecule is C=C/C=C(\NC(C)(C#N)COC)C1(C)CC1(F)F. The summed E-state index contributed by atoms with van der Waals surface area (Å²) in [6.07, 6.45) is 2.71. The van der Waals surface area contributed by atoms with Gasteiger partial charge < -0.3 is 10.1 Å². The highest BCUT2D eigenvalue weighted by molar-refractivity contribution is 5.32. The van der Waals surface area contributed by atoms with Crippen LogP contribution < -0.4 is 5.32 Å². The zero-order chi connectivity index (χ0) is 14.0. The summed E-state index contributed by atoms with van der Waals surface area (Å²) in [5.41, 5.74) is -1.96. The summed E-state index contributed by atoms with van der Waals surface area (Å²) in [5, 5.41) is 12.0. The van der Waals surface area contributed by atoms with Crippen LogP contribution in [0.5, 0.6) is 0 Å². The number of methoxy groups -OCH3 is 1. The van der Waals surface area contributed by atoms with Crippen molar-refractivity contribution in [3.8, 4) is 6.07 Å². The number of hydrogen-bond acceptors (Lipinski definition) is 3. The maximum atomic E-state index is 13.4. The summed E-state index contributed by atoms with van der Waals surface area (Å²) in [6.45, 7) is 6.71. The third kappa shape index (κ3) is 2.54. The minimum atomic E-state index is -2.74. The van der Waals surface area contributed by atoms with Gasteiger partial charge in [0.05, 0.1) is 18.1 Å². The first kappa shape index (κ1) is 14.7. The van der Waals surface area contributed by atoms with E-state index >= 15 is 0 Å². The van der Waals surface area contributed by atoms with Crippen LogP contribution in [0.25, 0.3) is 0 Å². The van der Waals surface area contributed by atoms with Gasteiger partial charge in [-0.2, -0.15) is 5.26 Å². The molecule has 2 atom stereocenters. The highest BCUT2D eigenvalue weighted by Gasteiger charge is 2.70. The summed E-state index contributed by atoms with van der Waals surface area (Å²) >= 11 is 0. The Labute approximate surface area is 106 Å². The van der Waals surface area contributed by atoms with Crippen molar-refractivity contribution in [3.05, 3.63) is 24.4 Å². The van der Waals surface area contributed by atoms with Gasteiger partial charge in [0.1, 0.15) is 5.54 Å². The molecule has 0 aromatic rings. The molecular formula is C13H18F2N2O. The minimum Gasteiger partial charge on any atom is -0.381 e. The highest BCUT2D eigenvalue weighted by Crippen LogP contribution is 2.63. The quantitative estimate of drug-likeness (QED) is 0.743. The van der Waals surface area contributed by atoms with Gasteiger partial charge in [0, 0.05) is 19.2 Å². The lowest BCUT2D eigenvalue weighted by molar-refractivity contribution is 0.0761. The van der Waals surface area contributed by atoms with Crippen molar-refractivity contribution >= 4 is 0 Å². The van der Waals surface area contributed by atoms with E-state index in [0.717, 1.165) is 0 Å². The van der Waals surface area contributed by atoms with Crippen LogP contribution in [0.3, 0.4) is 0 Å². The highest BCUT2D eigenvalue weighted by atomic mass is 19.3. The Hall–Kier alpha value is -1.41. The molecule has 100 valence electrons. The van der Waals surface area contributed by atoms with Crippen molar-refractivity contribution in [1.82, 2.24) is 5.32 Å². The molecule has 1 fully saturated rings. The molecule has 3 nitrogen and oxygen atoms in total. The molecular weight excluding hydrogens is 238 g/mol. The summed E-state index contributed by atoms with van der Waals surface area (Å²) in [7, 11) is 1.46. The molecule has 1 rings (SSSR count).